The van der Waals surface area contributed by atoms with Gasteiger partial charge < -0.3 is 15.8 Å². The highest BCUT2D eigenvalue weighted by Gasteiger charge is 2.39. The zero-order valence-corrected chi connectivity index (χ0v) is 12.2. The van der Waals surface area contributed by atoms with Crippen LogP contribution in [0.1, 0.15) is 52.9 Å². The number of nitrogens with one attached hydrogen (secondary N) is 1. The maximum absolute atomic E-state index is 12.1. The molecule has 0 aromatic heterocycles. The molecule has 2 amide bonds. The molecule has 1 aliphatic rings. The molecule has 2 atom stereocenters. The van der Waals surface area contributed by atoms with Crippen molar-refractivity contribution >= 4 is 11.8 Å². The molecule has 1 saturated heterocycles. The van der Waals surface area contributed by atoms with Crippen molar-refractivity contribution in [1.29, 1.82) is 0 Å². The smallest absolute Gasteiger partial charge is 0.243 e. The van der Waals surface area contributed by atoms with Crippen molar-refractivity contribution in [2.75, 3.05) is 6.61 Å². The molecule has 0 saturated carbocycles. The van der Waals surface area contributed by atoms with Gasteiger partial charge in [-0.1, -0.05) is 20.8 Å². The number of primary amides is 1. The molecule has 0 aromatic carbocycles. The third-order valence-corrected chi connectivity index (χ3v) is 4.03. The van der Waals surface area contributed by atoms with Crippen molar-refractivity contribution in [3.05, 3.63) is 0 Å². The second kappa shape index (κ2) is 6.89. The van der Waals surface area contributed by atoms with E-state index in [1.54, 1.807) is 0 Å². The third kappa shape index (κ3) is 3.93. The fraction of sp³-hybridized carbons (Fsp3) is 0.857. The molecule has 1 fully saturated rings. The van der Waals surface area contributed by atoms with Crippen LogP contribution in [0.5, 0.6) is 0 Å². The average Bonchev–Trinajstić information content (AvgIpc) is 2.36. The molecule has 3 N–H and O–H groups in total. The lowest BCUT2D eigenvalue weighted by molar-refractivity contribution is -0.135. The number of hydrogen-bond acceptors (Lipinski definition) is 3. The van der Waals surface area contributed by atoms with E-state index in [2.05, 4.69) is 5.32 Å². The van der Waals surface area contributed by atoms with E-state index in [0.29, 0.717) is 12.8 Å². The van der Waals surface area contributed by atoms with Crippen LogP contribution >= 0.6 is 0 Å². The normalized spacial score (nSPS) is 22.8. The van der Waals surface area contributed by atoms with Crippen LogP contribution in [0.3, 0.4) is 0 Å². The molecule has 0 radical (unpaired) electrons. The van der Waals surface area contributed by atoms with Crippen molar-refractivity contribution in [3.63, 3.8) is 0 Å². The monoisotopic (exact) mass is 270 g/mol. The van der Waals surface area contributed by atoms with Gasteiger partial charge in [-0.3, -0.25) is 9.59 Å². The number of ether oxygens (including phenoxy) is 1. The average molecular weight is 270 g/mol. The van der Waals surface area contributed by atoms with Gasteiger partial charge in [0.1, 0.15) is 5.54 Å². The van der Waals surface area contributed by atoms with Crippen molar-refractivity contribution in [2.45, 2.75) is 64.5 Å². The fourth-order valence-corrected chi connectivity index (χ4v) is 2.64. The molecule has 1 aliphatic heterocycles. The maximum atomic E-state index is 12.1. The van der Waals surface area contributed by atoms with E-state index in [0.717, 1.165) is 25.9 Å². The lowest BCUT2D eigenvalue weighted by Crippen LogP contribution is -2.60. The summed E-state index contributed by atoms with van der Waals surface area (Å²) in [6, 6.07) is 0. The molecule has 0 spiro atoms. The first-order chi connectivity index (χ1) is 8.92. The molecule has 0 bridgehead atoms. The predicted molar refractivity (Wildman–Crippen MR) is 73.4 cm³/mol. The summed E-state index contributed by atoms with van der Waals surface area (Å²) in [4.78, 5) is 23.8. The lowest BCUT2D eigenvalue weighted by atomic mass is 9.83. The summed E-state index contributed by atoms with van der Waals surface area (Å²) in [6.07, 6.45) is 3.84. The van der Waals surface area contributed by atoms with Crippen molar-refractivity contribution in [2.24, 2.45) is 11.7 Å². The van der Waals surface area contributed by atoms with Gasteiger partial charge in [0.05, 0.1) is 12.5 Å². The quantitative estimate of drug-likeness (QED) is 0.764. The summed E-state index contributed by atoms with van der Waals surface area (Å²) >= 11 is 0. The summed E-state index contributed by atoms with van der Waals surface area (Å²) < 4.78 is 5.54. The van der Waals surface area contributed by atoms with E-state index in [1.165, 1.54) is 0 Å². The Morgan fingerprint density at radius 2 is 2.11 bits per heavy atom. The zero-order valence-electron chi connectivity index (χ0n) is 12.2. The minimum atomic E-state index is -0.953. The molecule has 5 nitrogen and oxygen atoms in total. The first kappa shape index (κ1) is 16.0. The molecule has 5 heteroatoms. The van der Waals surface area contributed by atoms with Crippen LogP contribution in [0, 0.1) is 5.92 Å². The van der Waals surface area contributed by atoms with Gasteiger partial charge in [0.2, 0.25) is 11.8 Å². The third-order valence-electron chi connectivity index (χ3n) is 4.03. The second-order valence-electron chi connectivity index (χ2n) is 5.58. The fourth-order valence-electron chi connectivity index (χ4n) is 2.64. The molecule has 0 aromatic rings. The minimum Gasteiger partial charge on any atom is -0.378 e. The van der Waals surface area contributed by atoms with E-state index >= 15 is 0 Å². The standard InChI is InChI=1S/C14H26N2O3/c1-4-14(10(2)3,13(15)18)16-12(17)9-11-7-5-6-8-19-11/h10-11H,4-9H2,1-3H3,(H2,15,18)(H,16,17). The Kier molecular flexibility index (Phi) is 5.79. The first-order valence-electron chi connectivity index (χ1n) is 7.15. The topological polar surface area (TPSA) is 81.4 Å². The van der Waals surface area contributed by atoms with Gasteiger partial charge in [-0.15, -0.1) is 0 Å². The van der Waals surface area contributed by atoms with E-state index in [9.17, 15) is 9.59 Å². The van der Waals surface area contributed by atoms with Crippen molar-refractivity contribution < 1.29 is 14.3 Å². The summed E-state index contributed by atoms with van der Waals surface area (Å²) in [5.74, 6) is -0.657. The summed E-state index contributed by atoms with van der Waals surface area (Å²) in [5.41, 5.74) is 4.53. The Morgan fingerprint density at radius 3 is 2.53 bits per heavy atom. The Hall–Kier alpha value is -1.10. The van der Waals surface area contributed by atoms with Crippen LogP contribution in [0.4, 0.5) is 0 Å². The summed E-state index contributed by atoms with van der Waals surface area (Å²) in [7, 11) is 0. The first-order valence-corrected chi connectivity index (χ1v) is 7.15. The van der Waals surface area contributed by atoms with Gasteiger partial charge in [-0.05, 0) is 31.6 Å². The van der Waals surface area contributed by atoms with Crippen molar-refractivity contribution in [3.8, 4) is 0 Å². The van der Waals surface area contributed by atoms with Gasteiger partial charge in [0.25, 0.3) is 0 Å². The van der Waals surface area contributed by atoms with Crippen LogP contribution in [0.15, 0.2) is 0 Å². The number of carbonyl (C=O) groups is 2. The summed E-state index contributed by atoms with van der Waals surface area (Å²) in [6.45, 7) is 6.37. The molecule has 2 unspecified atom stereocenters. The van der Waals surface area contributed by atoms with E-state index in [1.807, 2.05) is 20.8 Å². The Labute approximate surface area is 115 Å². The van der Waals surface area contributed by atoms with Crippen LogP contribution in [-0.4, -0.2) is 30.1 Å². The van der Waals surface area contributed by atoms with Crippen LogP contribution < -0.4 is 11.1 Å². The molecule has 110 valence electrons. The Balaban J connectivity index is 2.63. The largest absolute Gasteiger partial charge is 0.378 e. The van der Waals surface area contributed by atoms with E-state index < -0.39 is 11.4 Å². The second-order valence-corrected chi connectivity index (χ2v) is 5.58. The van der Waals surface area contributed by atoms with Gasteiger partial charge in [0.15, 0.2) is 0 Å². The van der Waals surface area contributed by atoms with E-state index in [-0.39, 0.29) is 17.9 Å². The van der Waals surface area contributed by atoms with Gasteiger partial charge >= 0.3 is 0 Å². The number of carbonyl (C=O) groups excluding carboxylic acids is 2. The van der Waals surface area contributed by atoms with E-state index in [4.69, 9.17) is 10.5 Å². The molecule has 19 heavy (non-hydrogen) atoms. The molecular formula is C14H26N2O3. The molecule has 0 aliphatic carbocycles. The molecule has 1 rings (SSSR count). The van der Waals surface area contributed by atoms with Crippen molar-refractivity contribution in [1.82, 2.24) is 5.32 Å². The minimum absolute atomic E-state index is 0.0247. The lowest BCUT2D eigenvalue weighted by Gasteiger charge is -2.35. The number of nitrogens with two attached hydrogens (primary N) is 1. The van der Waals surface area contributed by atoms with Crippen LogP contribution in [0.2, 0.25) is 0 Å². The highest BCUT2D eigenvalue weighted by Crippen LogP contribution is 2.22. The summed E-state index contributed by atoms with van der Waals surface area (Å²) in [5, 5.41) is 2.83. The highest BCUT2D eigenvalue weighted by atomic mass is 16.5. The van der Waals surface area contributed by atoms with Gasteiger partial charge in [-0.25, -0.2) is 0 Å². The Bertz CT molecular complexity index is 325. The zero-order chi connectivity index (χ0) is 14.5. The predicted octanol–water partition coefficient (Wildman–Crippen LogP) is 1.35. The highest BCUT2D eigenvalue weighted by molar-refractivity contribution is 5.90. The maximum Gasteiger partial charge on any atom is 0.243 e. The Morgan fingerprint density at radius 1 is 1.42 bits per heavy atom. The SMILES string of the molecule is CCC(NC(=O)CC1CCCCO1)(C(N)=O)C(C)C. The van der Waals surface area contributed by atoms with Crippen LogP contribution in [-0.2, 0) is 14.3 Å². The van der Waals surface area contributed by atoms with Gasteiger partial charge in [0, 0.05) is 6.61 Å². The number of hydrogen-bond donors (Lipinski definition) is 2. The van der Waals surface area contributed by atoms with Crippen LogP contribution in [0.25, 0.3) is 0 Å². The number of rotatable bonds is 6. The number of amides is 2. The van der Waals surface area contributed by atoms with Gasteiger partial charge in [-0.2, -0.15) is 0 Å². The molecular weight excluding hydrogens is 244 g/mol. The molecule has 1 heterocycles.